The molecule has 1 unspecified atom stereocenters. The zero-order valence-electron chi connectivity index (χ0n) is 15.5. The zero-order chi connectivity index (χ0) is 20.3. The average molecular weight is 409 g/mol. The van der Waals surface area contributed by atoms with Crippen LogP contribution in [-0.4, -0.2) is 67.9 Å². The van der Waals surface area contributed by atoms with E-state index in [1.165, 1.54) is 4.90 Å². The van der Waals surface area contributed by atoms with Gasteiger partial charge in [0.1, 0.15) is 11.8 Å². The van der Waals surface area contributed by atoms with Crippen molar-refractivity contribution in [2.75, 3.05) is 55.6 Å². The molecule has 1 atom stereocenters. The van der Waals surface area contributed by atoms with Gasteiger partial charge in [0.05, 0.1) is 36.4 Å². The van der Waals surface area contributed by atoms with E-state index < -0.39 is 23.8 Å². The first-order chi connectivity index (χ1) is 13.4. The van der Waals surface area contributed by atoms with Gasteiger partial charge in [-0.3, -0.25) is 9.80 Å². The largest absolute Gasteiger partial charge is 0.442 e. The van der Waals surface area contributed by atoms with Gasteiger partial charge >= 0.3 is 6.09 Å². The highest BCUT2D eigenvalue weighted by molar-refractivity contribution is 7.80. The number of ether oxygens (including phenoxy) is 1. The molecule has 2 fully saturated rings. The van der Waals surface area contributed by atoms with Crippen LogP contribution in [0.5, 0.6) is 0 Å². The van der Waals surface area contributed by atoms with Crippen molar-refractivity contribution >= 4 is 34.7 Å². The number of benzene rings is 1. The third kappa shape index (κ3) is 4.48. The Morgan fingerprint density at radius 2 is 1.96 bits per heavy atom. The number of rotatable bonds is 5. The zero-order valence-corrected chi connectivity index (χ0v) is 16.3. The van der Waals surface area contributed by atoms with Crippen LogP contribution in [0.15, 0.2) is 12.1 Å². The number of thiocarbonyl (C=S) groups is 1. The first kappa shape index (κ1) is 20.2. The van der Waals surface area contributed by atoms with E-state index in [9.17, 15) is 13.6 Å². The van der Waals surface area contributed by atoms with E-state index in [4.69, 9.17) is 22.2 Å². The van der Waals surface area contributed by atoms with Crippen LogP contribution in [0, 0.1) is 23.0 Å². The van der Waals surface area contributed by atoms with Crippen molar-refractivity contribution in [1.29, 1.82) is 5.26 Å². The molecule has 0 radical (unpaired) electrons. The molecule has 2 aliphatic heterocycles. The lowest BCUT2D eigenvalue weighted by molar-refractivity contribution is 0.143. The maximum absolute atomic E-state index is 14.7. The van der Waals surface area contributed by atoms with Crippen LogP contribution in [0.25, 0.3) is 0 Å². The van der Waals surface area contributed by atoms with E-state index in [0.29, 0.717) is 44.3 Å². The second-order valence-electron chi connectivity index (χ2n) is 6.73. The number of nitrogens with zero attached hydrogens (tertiary/aromatic N) is 4. The van der Waals surface area contributed by atoms with Gasteiger partial charge in [-0.1, -0.05) is 12.2 Å². The predicted molar refractivity (Wildman–Crippen MR) is 105 cm³/mol. The molecule has 2 aliphatic rings. The summed E-state index contributed by atoms with van der Waals surface area (Å²) in [5.41, 5.74) is 0.0101. The number of anilines is 2. The summed E-state index contributed by atoms with van der Waals surface area (Å²) in [7, 11) is 0. The minimum atomic E-state index is -0.729. The average Bonchev–Trinajstić information content (AvgIpc) is 3.02. The van der Waals surface area contributed by atoms with Crippen molar-refractivity contribution in [3.63, 3.8) is 0 Å². The fraction of sp³-hybridized carbons (Fsp3) is 0.500. The Morgan fingerprint density at radius 3 is 2.54 bits per heavy atom. The van der Waals surface area contributed by atoms with Crippen LogP contribution in [0.4, 0.5) is 25.0 Å². The van der Waals surface area contributed by atoms with Crippen molar-refractivity contribution in [2.24, 2.45) is 0 Å². The maximum Gasteiger partial charge on any atom is 0.414 e. The van der Waals surface area contributed by atoms with Gasteiger partial charge < -0.3 is 15.0 Å². The Balaban J connectivity index is 1.71. The fourth-order valence-electron chi connectivity index (χ4n) is 3.34. The molecule has 1 aromatic carbocycles. The summed E-state index contributed by atoms with van der Waals surface area (Å²) in [5.74, 6) is -1.46. The van der Waals surface area contributed by atoms with E-state index in [1.54, 1.807) is 11.8 Å². The van der Waals surface area contributed by atoms with E-state index >= 15 is 0 Å². The molecule has 1 N–H and O–H groups in total. The molecule has 10 heteroatoms. The van der Waals surface area contributed by atoms with Crippen LogP contribution in [-0.2, 0) is 4.74 Å². The van der Waals surface area contributed by atoms with Crippen LogP contribution in [0.2, 0.25) is 0 Å². The minimum Gasteiger partial charge on any atom is -0.442 e. The molecule has 0 aliphatic carbocycles. The van der Waals surface area contributed by atoms with Gasteiger partial charge in [0.25, 0.3) is 0 Å². The van der Waals surface area contributed by atoms with Crippen LogP contribution >= 0.6 is 12.2 Å². The summed E-state index contributed by atoms with van der Waals surface area (Å²) in [6.07, 6.45) is -1.10. The molecule has 0 saturated carbocycles. The number of halogens is 2. The molecule has 2 saturated heterocycles. The molecule has 1 aromatic rings. The molecule has 0 bridgehead atoms. The summed E-state index contributed by atoms with van der Waals surface area (Å²) in [6.45, 7) is 4.49. The molecule has 28 heavy (non-hydrogen) atoms. The molecular formula is C18H21F2N5O2S. The van der Waals surface area contributed by atoms with Crippen LogP contribution in [0.1, 0.15) is 6.92 Å². The molecule has 0 spiro atoms. The smallest absolute Gasteiger partial charge is 0.414 e. The van der Waals surface area contributed by atoms with Gasteiger partial charge in [0, 0.05) is 38.3 Å². The summed E-state index contributed by atoms with van der Waals surface area (Å²) in [6, 6.07) is 4.38. The van der Waals surface area contributed by atoms with Gasteiger partial charge in [0.2, 0.25) is 0 Å². The van der Waals surface area contributed by atoms with Crippen molar-refractivity contribution < 1.29 is 18.3 Å². The Bertz CT molecular complexity index is 785. The van der Waals surface area contributed by atoms with Gasteiger partial charge in [-0.2, -0.15) is 5.26 Å². The SMILES string of the molecule is CC(=S)NCC1CN(c2cc(F)c(N3CCN(CC#N)CC3)c(F)c2)C(=O)O1. The number of nitrogens with one attached hydrogen (secondary N) is 1. The normalized spacial score (nSPS) is 20.1. The number of nitriles is 1. The third-order valence-electron chi connectivity index (χ3n) is 4.75. The second kappa shape index (κ2) is 8.67. The first-order valence-corrected chi connectivity index (χ1v) is 9.35. The first-order valence-electron chi connectivity index (χ1n) is 8.95. The van der Waals surface area contributed by atoms with Crippen molar-refractivity contribution in [1.82, 2.24) is 10.2 Å². The minimum absolute atomic E-state index is 0.109. The van der Waals surface area contributed by atoms with E-state index in [1.807, 2.05) is 4.90 Å². The molecule has 1 amide bonds. The number of cyclic esters (lactones) is 1. The van der Waals surface area contributed by atoms with Gasteiger partial charge in [-0.15, -0.1) is 0 Å². The maximum atomic E-state index is 14.7. The van der Waals surface area contributed by atoms with E-state index in [0.717, 1.165) is 12.1 Å². The summed E-state index contributed by atoms with van der Waals surface area (Å²) in [4.78, 5) is 17.4. The van der Waals surface area contributed by atoms with Gasteiger partial charge in [-0.05, 0) is 6.92 Å². The molecule has 0 aromatic heterocycles. The fourth-order valence-corrected chi connectivity index (χ4v) is 3.42. The van der Waals surface area contributed by atoms with Gasteiger partial charge in [0.15, 0.2) is 11.6 Å². The standard InChI is InChI=1S/C18H21F2N5O2S/c1-12(28)22-10-14-11-25(18(26)27-14)13-8-15(19)17(16(20)9-13)24-6-4-23(3-2-21)5-7-24/h8-9,14H,3-7,10-11H2,1H3,(H,22,28). The number of carbonyl (C=O) groups excluding carboxylic acids is 1. The third-order valence-corrected chi connectivity index (χ3v) is 4.89. The molecule has 150 valence electrons. The highest BCUT2D eigenvalue weighted by Gasteiger charge is 2.33. The summed E-state index contributed by atoms with van der Waals surface area (Å²) >= 11 is 4.93. The van der Waals surface area contributed by atoms with E-state index in [2.05, 4.69) is 11.4 Å². The van der Waals surface area contributed by atoms with E-state index in [-0.39, 0.29) is 17.9 Å². The predicted octanol–water partition coefficient (Wildman–Crippen LogP) is 1.87. The molecule has 2 heterocycles. The lowest BCUT2D eigenvalue weighted by Crippen LogP contribution is -2.47. The lowest BCUT2D eigenvalue weighted by atomic mass is 10.2. The Kier molecular flexibility index (Phi) is 6.26. The highest BCUT2D eigenvalue weighted by atomic mass is 32.1. The quantitative estimate of drug-likeness (QED) is 0.588. The van der Waals surface area contributed by atoms with Crippen molar-refractivity contribution in [2.45, 2.75) is 13.0 Å². The second-order valence-corrected chi connectivity index (χ2v) is 7.35. The van der Waals surface area contributed by atoms with Crippen LogP contribution in [0.3, 0.4) is 0 Å². The number of carbonyl (C=O) groups is 1. The number of amides is 1. The highest BCUT2D eigenvalue weighted by Crippen LogP contribution is 2.31. The number of hydrogen-bond acceptors (Lipinski definition) is 6. The number of hydrogen-bond donors (Lipinski definition) is 1. The van der Waals surface area contributed by atoms with Crippen molar-refractivity contribution in [3.05, 3.63) is 23.8 Å². The molecule has 3 rings (SSSR count). The van der Waals surface area contributed by atoms with Crippen LogP contribution < -0.4 is 15.1 Å². The monoisotopic (exact) mass is 409 g/mol. The number of piperazine rings is 1. The summed E-state index contributed by atoms with van der Waals surface area (Å²) in [5, 5.41) is 11.7. The van der Waals surface area contributed by atoms with Crippen molar-refractivity contribution in [3.8, 4) is 6.07 Å². The molecule has 7 nitrogen and oxygen atoms in total. The Labute approximate surface area is 167 Å². The lowest BCUT2D eigenvalue weighted by Gasteiger charge is -2.35. The Morgan fingerprint density at radius 1 is 1.32 bits per heavy atom. The Hall–Kier alpha value is -2.51. The van der Waals surface area contributed by atoms with Gasteiger partial charge in [-0.25, -0.2) is 13.6 Å². The topological polar surface area (TPSA) is 71.8 Å². The molecular weight excluding hydrogens is 388 g/mol. The summed E-state index contributed by atoms with van der Waals surface area (Å²) < 4.78 is 34.7.